The lowest BCUT2D eigenvalue weighted by Gasteiger charge is -2.41. The summed E-state index contributed by atoms with van der Waals surface area (Å²) in [6.07, 6.45) is 2.16. The lowest BCUT2D eigenvalue weighted by atomic mass is 9.78. The second-order valence-corrected chi connectivity index (χ2v) is 23.9. The fourth-order valence-corrected chi connectivity index (χ4v) is 11.1. The summed E-state index contributed by atoms with van der Waals surface area (Å²) in [5.74, 6) is -4.21. The number of benzene rings is 2. The number of amides is 5. The molecule has 4 bridgehead atoms. The van der Waals surface area contributed by atoms with E-state index < -0.39 is 95.7 Å². The number of likely N-dealkylation sites (N-methyl/N-ethyl adjacent to an activating group) is 1. The molecule has 6 N–H and O–H groups in total. The summed E-state index contributed by atoms with van der Waals surface area (Å²) in [4.78, 5) is 110. The van der Waals surface area contributed by atoms with Gasteiger partial charge in [0, 0.05) is 77.4 Å². The van der Waals surface area contributed by atoms with Gasteiger partial charge in [-0.2, -0.15) is 0 Å². The number of esters is 2. The molecule has 2 aromatic rings. The Balaban J connectivity index is 1.29. The molecule has 0 aliphatic carbocycles. The maximum absolute atomic E-state index is 14.5. The molecule has 0 radical (unpaired) electrons. The van der Waals surface area contributed by atoms with E-state index in [1.165, 1.54) is 57.0 Å². The van der Waals surface area contributed by atoms with Gasteiger partial charge in [-0.3, -0.25) is 28.8 Å². The molecular weight excluding hydrogens is 1150 g/mol. The van der Waals surface area contributed by atoms with Crippen LogP contribution >= 0.6 is 23.8 Å². The summed E-state index contributed by atoms with van der Waals surface area (Å²) in [5.41, 5.74) is 5.02. The van der Waals surface area contributed by atoms with Crippen LogP contribution in [0.5, 0.6) is 5.75 Å². The number of nitrogens with two attached hydrogens (primary N) is 1. The van der Waals surface area contributed by atoms with Crippen molar-refractivity contribution in [1.82, 2.24) is 20.9 Å². The van der Waals surface area contributed by atoms with Crippen LogP contribution in [0.25, 0.3) is 0 Å². The first-order valence-electron chi connectivity index (χ1n) is 29.1. The molecule has 10 atom stereocenters. The average molecular weight is 1240 g/mol. The summed E-state index contributed by atoms with van der Waals surface area (Å²) >= 11 is 12.4. The predicted molar refractivity (Wildman–Crippen MR) is 326 cm³/mol. The number of allylic oxidation sites excluding steroid dienone is 3. The number of thiocarbonyl (C=S) groups is 1. The number of Topliss-reactive ketones (excluding diaryl/α,β-unsaturated/α-hetero) is 2. The Morgan fingerprint density at radius 3 is 2.33 bits per heavy atom. The second kappa shape index (κ2) is 32.6. The molecule has 0 aromatic heterocycles. The van der Waals surface area contributed by atoms with Gasteiger partial charge in [0.15, 0.2) is 5.78 Å². The van der Waals surface area contributed by atoms with Crippen molar-refractivity contribution in [2.75, 3.05) is 72.7 Å². The molecular formula is C62H87ClN6O16S. The number of primary amides is 1. The molecule has 5 rings (SSSR count). The third-order valence-electron chi connectivity index (χ3n) is 16.0. The molecule has 0 saturated carbocycles. The van der Waals surface area contributed by atoms with Crippen LogP contribution in [-0.2, 0) is 70.0 Å². The number of hydrogen-bond acceptors (Lipinski definition) is 17. The van der Waals surface area contributed by atoms with Crippen molar-refractivity contribution in [3.63, 3.8) is 0 Å². The van der Waals surface area contributed by atoms with Crippen molar-refractivity contribution >= 4 is 81.8 Å². The van der Waals surface area contributed by atoms with Crippen LogP contribution in [0.4, 0.5) is 10.5 Å². The third-order valence-corrected chi connectivity index (χ3v) is 16.7. The minimum Gasteiger partial charge on any atom is -0.495 e. The number of hydrogen-bond donors (Lipinski definition) is 5. The molecule has 0 spiro atoms. The number of ether oxygens (including phenoxy) is 7. The Kier molecular flexibility index (Phi) is 26.7. The van der Waals surface area contributed by atoms with Gasteiger partial charge in [-0.25, -0.2) is 9.59 Å². The Bertz CT molecular complexity index is 2820. The molecule has 86 heavy (non-hydrogen) atoms. The van der Waals surface area contributed by atoms with Crippen LogP contribution in [0, 0.1) is 17.8 Å². The number of carbonyl (C=O) groups excluding carboxylic acids is 8. The van der Waals surface area contributed by atoms with Gasteiger partial charge in [0.05, 0.1) is 69.2 Å². The lowest BCUT2D eigenvalue weighted by molar-refractivity contribution is -0.187. The SMILES string of the molecule is COc1cc2cc(c1Cl)N(C)C(=O)C[C@H](OC(=O)[C@H](C)N(C)C(=O)c1ccc(CC(=O)[C@H](CCCNC(N)=O)NC(=O)[C@@H](CC(=S)NCCOCCOCCC(C)=O)C(C)C)cc1)[C@]1(C)O[C@H]1[C@H](C)[C@@H]1C[C@@](O)(CC(=O)O1)[C@H](OC)/C=C/C=C(\C)C2. The number of nitrogens with zero attached hydrogens (tertiary/aromatic N) is 2. The number of carbonyl (C=O) groups is 8. The number of fused-ring (bicyclic) bond motifs is 5. The summed E-state index contributed by atoms with van der Waals surface area (Å²) in [5, 5.41) is 20.8. The molecule has 2 saturated heterocycles. The Labute approximate surface area is 514 Å². The average Bonchev–Trinajstić information content (AvgIpc) is 1.60. The van der Waals surface area contributed by atoms with Gasteiger partial charge in [0.2, 0.25) is 11.8 Å². The number of aliphatic hydroxyl groups is 1. The van der Waals surface area contributed by atoms with E-state index in [-0.39, 0.29) is 72.6 Å². The summed E-state index contributed by atoms with van der Waals surface area (Å²) in [7, 11) is 5.89. The maximum atomic E-state index is 14.5. The molecule has 2 aromatic carbocycles. The van der Waals surface area contributed by atoms with Gasteiger partial charge in [0.25, 0.3) is 5.91 Å². The molecule has 3 aliphatic heterocycles. The zero-order valence-corrected chi connectivity index (χ0v) is 52.9. The van der Waals surface area contributed by atoms with E-state index in [1.807, 2.05) is 26.8 Å². The summed E-state index contributed by atoms with van der Waals surface area (Å²) in [6.45, 7) is 14.1. The van der Waals surface area contributed by atoms with Crippen LogP contribution in [0.1, 0.15) is 115 Å². The van der Waals surface area contributed by atoms with E-state index in [2.05, 4.69) is 16.0 Å². The Morgan fingerprint density at radius 2 is 1.69 bits per heavy atom. The monoisotopic (exact) mass is 1240 g/mol. The predicted octanol–water partition coefficient (Wildman–Crippen LogP) is 5.71. The fraction of sp³-hybridized carbons (Fsp3) is 0.597. The standard InChI is InChI=1S/C62H87ClN6O16S/c1-36(2)44(32-52(86)65-23-25-82-27-26-81-24-21-38(4)70)57(74)67-45(15-13-22-66-60(64)77)47(71)30-41-17-19-43(20-18-41)58(75)68(8)40(6)59(76)84-51-33-53(72)69(9)46-29-42(31-48(79-10)55(46)63)28-37(3)14-12-16-50(80-11)62(78)34-49(83-54(73)35-62)39(5)56-61(51,7)85-56/h12,14,16-20,29,31,36,39-40,44-45,49-51,56,78H,13,15,21-28,30,32-35H2,1-11H3,(H,65,86)(H,67,74)(H3,64,66,77)/b16-12+,37-14+/t39-,40+,44+,45+,49+,50-,51+,56+,61+,62-/m1/s1. The van der Waals surface area contributed by atoms with E-state index in [9.17, 15) is 43.5 Å². The number of epoxide rings is 1. The Hall–Kier alpha value is -6.34. The molecule has 474 valence electrons. The van der Waals surface area contributed by atoms with E-state index in [0.29, 0.717) is 74.2 Å². The molecule has 5 amide bonds. The van der Waals surface area contributed by atoms with Crippen LogP contribution in [-0.4, -0.2) is 178 Å². The lowest BCUT2D eigenvalue weighted by Crippen LogP contribution is -2.53. The first-order valence-corrected chi connectivity index (χ1v) is 29.8. The Morgan fingerprint density at radius 1 is 1.00 bits per heavy atom. The number of rotatable bonds is 27. The van der Waals surface area contributed by atoms with Gasteiger partial charge in [0.1, 0.15) is 52.1 Å². The van der Waals surface area contributed by atoms with E-state index in [0.717, 1.165) is 11.1 Å². The molecule has 2 fully saturated rings. The quantitative estimate of drug-likeness (QED) is 0.0310. The molecule has 3 heterocycles. The van der Waals surface area contributed by atoms with Crippen molar-refractivity contribution in [2.45, 2.75) is 154 Å². The number of urea groups is 1. The molecule has 22 nitrogen and oxygen atoms in total. The van der Waals surface area contributed by atoms with E-state index in [4.69, 9.17) is 62.7 Å². The van der Waals surface area contributed by atoms with E-state index >= 15 is 0 Å². The third kappa shape index (κ3) is 19.8. The number of halogens is 1. The molecule has 3 aliphatic rings. The normalized spacial score (nSPS) is 24.3. The second-order valence-electron chi connectivity index (χ2n) is 23.0. The number of methoxy groups -OCH3 is 2. The summed E-state index contributed by atoms with van der Waals surface area (Å²) in [6, 6.07) is 6.90. The summed E-state index contributed by atoms with van der Waals surface area (Å²) < 4.78 is 40.8. The van der Waals surface area contributed by atoms with Crippen molar-refractivity contribution in [3.8, 4) is 5.75 Å². The molecule has 24 heteroatoms. The fourth-order valence-electron chi connectivity index (χ4n) is 10.5. The highest BCUT2D eigenvalue weighted by molar-refractivity contribution is 7.80. The first-order chi connectivity index (χ1) is 40.6. The van der Waals surface area contributed by atoms with Crippen LogP contribution < -0.4 is 31.3 Å². The minimum absolute atomic E-state index is 0.00816. The van der Waals surface area contributed by atoms with Crippen molar-refractivity contribution in [1.29, 1.82) is 0 Å². The van der Waals surface area contributed by atoms with Crippen LogP contribution in [0.3, 0.4) is 0 Å². The zero-order valence-electron chi connectivity index (χ0n) is 51.3. The smallest absolute Gasteiger partial charge is 0.328 e. The van der Waals surface area contributed by atoms with Crippen molar-refractivity contribution in [2.24, 2.45) is 23.5 Å². The minimum atomic E-state index is -1.65. The largest absolute Gasteiger partial charge is 0.495 e. The first kappa shape index (κ1) is 70.4. The van der Waals surface area contributed by atoms with Gasteiger partial charge >= 0.3 is 18.0 Å². The highest BCUT2D eigenvalue weighted by Gasteiger charge is 2.64. The number of anilines is 1. The van der Waals surface area contributed by atoms with Crippen LogP contribution in [0.2, 0.25) is 5.02 Å². The highest BCUT2D eigenvalue weighted by atomic mass is 35.5. The molecule has 0 unspecified atom stereocenters. The van der Waals surface area contributed by atoms with Gasteiger partial charge in [-0.1, -0.05) is 80.5 Å². The number of ketones is 2. The van der Waals surface area contributed by atoms with Gasteiger partial charge < -0.3 is 69.7 Å². The highest BCUT2D eigenvalue weighted by Crippen LogP contribution is 2.50. The zero-order chi connectivity index (χ0) is 63.6. The van der Waals surface area contributed by atoms with Crippen molar-refractivity contribution in [3.05, 3.63) is 81.9 Å². The maximum Gasteiger partial charge on any atom is 0.328 e. The van der Waals surface area contributed by atoms with E-state index in [1.54, 1.807) is 57.3 Å². The van der Waals surface area contributed by atoms with Gasteiger partial charge in [-0.05, 0) is 88.3 Å². The topological polar surface area (TPSA) is 293 Å². The van der Waals surface area contributed by atoms with Crippen LogP contribution in [0.15, 0.2) is 60.2 Å². The van der Waals surface area contributed by atoms with Gasteiger partial charge in [-0.15, -0.1) is 0 Å². The number of nitrogens with one attached hydrogen (secondary N) is 3. The van der Waals surface area contributed by atoms with Crippen molar-refractivity contribution < 1.29 is 76.6 Å².